The first kappa shape index (κ1) is 15.1. The molecule has 1 unspecified atom stereocenters. The zero-order chi connectivity index (χ0) is 15.6. The molecule has 2 fully saturated rings. The molecule has 1 aromatic heterocycles. The van der Waals surface area contributed by atoms with Gasteiger partial charge in [0.05, 0.1) is 0 Å². The highest BCUT2D eigenvalue weighted by Gasteiger charge is 2.30. The maximum atomic E-state index is 5.92. The lowest BCUT2D eigenvalue weighted by Crippen LogP contribution is -2.49. The minimum Gasteiger partial charge on any atom is -0.298 e. The summed E-state index contributed by atoms with van der Waals surface area (Å²) >= 11 is 5.92. The molecule has 3 heterocycles. The van der Waals surface area contributed by atoms with Gasteiger partial charge in [0.25, 0.3) is 0 Å². The second-order valence-electron chi connectivity index (χ2n) is 6.49. The van der Waals surface area contributed by atoms with Crippen molar-refractivity contribution in [2.24, 2.45) is 0 Å². The molecule has 4 rings (SSSR count). The predicted molar refractivity (Wildman–Crippen MR) is 92.4 cm³/mol. The summed E-state index contributed by atoms with van der Waals surface area (Å²) in [6, 6.07) is 8.41. The summed E-state index contributed by atoms with van der Waals surface area (Å²) in [6.07, 6.45) is 6.62. The summed E-state index contributed by atoms with van der Waals surface area (Å²) in [7, 11) is 0. The van der Waals surface area contributed by atoms with Gasteiger partial charge in [-0.25, -0.2) is 9.97 Å². The Bertz CT molecular complexity index is 656. The van der Waals surface area contributed by atoms with Crippen molar-refractivity contribution in [2.75, 3.05) is 26.2 Å². The number of nitrogens with zero attached hydrogens (tertiary/aromatic N) is 4. The maximum absolute atomic E-state index is 5.92. The van der Waals surface area contributed by atoms with E-state index in [1.807, 2.05) is 36.7 Å². The van der Waals surface area contributed by atoms with Crippen LogP contribution in [0.2, 0.25) is 5.02 Å². The standard InChI is InChI=1S/C18H21ClN4/c19-16-5-3-15(4-6-16)18-20-10-14(11-21-18)12-22-8-9-23-7-1-2-17(23)13-22/h3-6,10-11,17H,1-2,7-9,12-13H2. The van der Waals surface area contributed by atoms with Crippen LogP contribution in [-0.2, 0) is 6.54 Å². The molecule has 120 valence electrons. The lowest BCUT2D eigenvalue weighted by Gasteiger charge is -2.37. The van der Waals surface area contributed by atoms with Crippen LogP contribution in [0, 0.1) is 0 Å². The zero-order valence-electron chi connectivity index (χ0n) is 13.2. The van der Waals surface area contributed by atoms with Gasteiger partial charge >= 0.3 is 0 Å². The van der Waals surface area contributed by atoms with E-state index in [0.717, 1.165) is 35.5 Å². The fraction of sp³-hybridized carbons (Fsp3) is 0.444. The Morgan fingerprint density at radius 1 is 1.04 bits per heavy atom. The minimum absolute atomic E-state index is 0.733. The van der Waals surface area contributed by atoms with Crippen molar-refractivity contribution in [1.82, 2.24) is 19.8 Å². The van der Waals surface area contributed by atoms with Crippen molar-refractivity contribution in [1.29, 1.82) is 0 Å². The zero-order valence-corrected chi connectivity index (χ0v) is 13.9. The van der Waals surface area contributed by atoms with Gasteiger partial charge in [-0.1, -0.05) is 11.6 Å². The predicted octanol–water partition coefficient (Wildman–Crippen LogP) is 3.08. The van der Waals surface area contributed by atoms with E-state index in [1.165, 1.54) is 38.0 Å². The molecule has 5 heteroatoms. The monoisotopic (exact) mass is 328 g/mol. The summed E-state index contributed by atoms with van der Waals surface area (Å²) in [6.45, 7) is 5.77. The van der Waals surface area contributed by atoms with Gasteiger partial charge < -0.3 is 0 Å². The minimum atomic E-state index is 0.733. The van der Waals surface area contributed by atoms with Gasteiger partial charge in [-0.05, 0) is 43.7 Å². The van der Waals surface area contributed by atoms with Gasteiger partial charge in [0.15, 0.2) is 5.82 Å². The largest absolute Gasteiger partial charge is 0.298 e. The van der Waals surface area contributed by atoms with E-state index in [-0.39, 0.29) is 0 Å². The van der Waals surface area contributed by atoms with Gasteiger partial charge in [0.1, 0.15) is 0 Å². The Hall–Kier alpha value is -1.49. The number of aromatic nitrogens is 2. The van der Waals surface area contributed by atoms with E-state index in [1.54, 1.807) is 0 Å². The molecule has 0 radical (unpaired) electrons. The molecule has 2 saturated heterocycles. The number of fused-ring (bicyclic) bond motifs is 1. The highest BCUT2D eigenvalue weighted by atomic mass is 35.5. The van der Waals surface area contributed by atoms with E-state index in [4.69, 9.17) is 11.6 Å². The van der Waals surface area contributed by atoms with Gasteiger partial charge in [0.2, 0.25) is 0 Å². The van der Waals surface area contributed by atoms with Crippen LogP contribution in [0.4, 0.5) is 0 Å². The molecule has 0 amide bonds. The molecule has 4 nitrogen and oxygen atoms in total. The van der Waals surface area contributed by atoms with Crippen molar-refractivity contribution in [2.45, 2.75) is 25.4 Å². The summed E-state index contributed by atoms with van der Waals surface area (Å²) in [5.41, 5.74) is 2.19. The normalized spacial score (nSPS) is 22.2. The molecule has 0 aliphatic carbocycles. The van der Waals surface area contributed by atoms with Gasteiger partial charge in [-0.15, -0.1) is 0 Å². The van der Waals surface area contributed by atoms with Crippen LogP contribution in [0.15, 0.2) is 36.7 Å². The number of hydrogen-bond donors (Lipinski definition) is 0. The molecular formula is C18H21ClN4. The molecule has 2 aromatic rings. The maximum Gasteiger partial charge on any atom is 0.159 e. The molecule has 0 saturated carbocycles. The second kappa shape index (κ2) is 6.56. The van der Waals surface area contributed by atoms with Crippen molar-refractivity contribution in [3.05, 3.63) is 47.2 Å². The van der Waals surface area contributed by atoms with E-state index >= 15 is 0 Å². The fourth-order valence-electron chi connectivity index (χ4n) is 3.64. The van der Waals surface area contributed by atoms with Gasteiger partial charge in [0, 0.05) is 60.8 Å². The Morgan fingerprint density at radius 2 is 1.83 bits per heavy atom. The number of piperazine rings is 1. The molecule has 2 aliphatic rings. The molecular weight excluding hydrogens is 308 g/mol. The molecule has 0 N–H and O–H groups in total. The van der Waals surface area contributed by atoms with Crippen LogP contribution in [0.1, 0.15) is 18.4 Å². The average molecular weight is 329 g/mol. The smallest absolute Gasteiger partial charge is 0.159 e. The first-order valence-corrected chi connectivity index (χ1v) is 8.69. The Labute approximate surface area is 142 Å². The molecule has 0 spiro atoms. The number of benzene rings is 1. The van der Waals surface area contributed by atoms with Gasteiger partial charge in [-0.2, -0.15) is 0 Å². The van der Waals surface area contributed by atoms with Crippen LogP contribution < -0.4 is 0 Å². The van der Waals surface area contributed by atoms with Crippen LogP contribution in [0.3, 0.4) is 0 Å². The first-order valence-electron chi connectivity index (χ1n) is 8.31. The second-order valence-corrected chi connectivity index (χ2v) is 6.93. The number of rotatable bonds is 3. The summed E-state index contributed by atoms with van der Waals surface area (Å²) in [5, 5.41) is 0.733. The van der Waals surface area contributed by atoms with E-state index < -0.39 is 0 Å². The van der Waals surface area contributed by atoms with Crippen molar-refractivity contribution in [3.63, 3.8) is 0 Å². The quantitative estimate of drug-likeness (QED) is 0.866. The molecule has 2 aliphatic heterocycles. The Balaban J connectivity index is 1.41. The summed E-state index contributed by atoms with van der Waals surface area (Å²) < 4.78 is 0. The SMILES string of the molecule is Clc1ccc(-c2ncc(CN3CCN4CCCC4C3)cn2)cc1. The number of hydrogen-bond acceptors (Lipinski definition) is 4. The first-order chi connectivity index (χ1) is 11.3. The van der Waals surface area contributed by atoms with E-state index in [0.29, 0.717) is 0 Å². The Morgan fingerprint density at radius 3 is 2.61 bits per heavy atom. The average Bonchev–Trinajstić information content (AvgIpc) is 3.04. The summed E-state index contributed by atoms with van der Waals surface area (Å²) in [4.78, 5) is 14.2. The highest BCUT2D eigenvalue weighted by molar-refractivity contribution is 6.30. The Kier molecular flexibility index (Phi) is 4.29. The van der Waals surface area contributed by atoms with E-state index in [9.17, 15) is 0 Å². The van der Waals surface area contributed by atoms with E-state index in [2.05, 4.69) is 19.8 Å². The third kappa shape index (κ3) is 3.39. The lowest BCUT2D eigenvalue weighted by atomic mass is 10.1. The topological polar surface area (TPSA) is 32.3 Å². The lowest BCUT2D eigenvalue weighted by molar-refractivity contribution is 0.0992. The van der Waals surface area contributed by atoms with Crippen LogP contribution >= 0.6 is 11.6 Å². The van der Waals surface area contributed by atoms with Crippen molar-refractivity contribution in [3.8, 4) is 11.4 Å². The summed E-state index contributed by atoms with van der Waals surface area (Å²) in [5.74, 6) is 0.756. The van der Waals surface area contributed by atoms with Crippen LogP contribution in [-0.4, -0.2) is 52.0 Å². The van der Waals surface area contributed by atoms with Crippen molar-refractivity contribution < 1.29 is 0 Å². The fourth-order valence-corrected chi connectivity index (χ4v) is 3.77. The number of halogens is 1. The van der Waals surface area contributed by atoms with Crippen molar-refractivity contribution >= 4 is 11.6 Å². The molecule has 23 heavy (non-hydrogen) atoms. The van der Waals surface area contributed by atoms with Gasteiger partial charge in [-0.3, -0.25) is 9.80 Å². The molecule has 1 atom stereocenters. The highest BCUT2D eigenvalue weighted by Crippen LogP contribution is 2.23. The third-order valence-corrected chi connectivity index (χ3v) is 5.14. The van der Waals surface area contributed by atoms with Crippen LogP contribution in [0.5, 0.6) is 0 Å². The molecule has 0 bridgehead atoms. The third-order valence-electron chi connectivity index (χ3n) is 4.89. The molecule has 1 aromatic carbocycles. The van der Waals surface area contributed by atoms with Crippen LogP contribution in [0.25, 0.3) is 11.4 Å².